The average Bonchev–Trinajstić information content (AvgIpc) is 3.47. The van der Waals surface area contributed by atoms with Gasteiger partial charge in [0.05, 0.1) is 24.3 Å². The van der Waals surface area contributed by atoms with Crippen LogP contribution >= 0.6 is 0 Å². The van der Waals surface area contributed by atoms with Crippen molar-refractivity contribution in [1.82, 2.24) is 20.2 Å². The molecule has 1 aromatic heterocycles. The Kier molecular flexibility index (Phi) is 10.2. The highest BCUT2D eigenvalue weighted by molar-refractivity contribution is 5.59. The number of nitrogens with zero attached hydrogens (tertiary/aromatic N) is 6. The van der Waals surface area contributed by atoms with Gasteiger partial charge in [-0.2, -0.15) is 31.1 Å². The first-order chi connectivity index (χ1) is 21.4. The molecule has 7 nitrogen and oxygen atoms in total. The van der Waals surface area contributed by atoms with E-state index in [-0.39, 0.29) is 43.8 Å². The minimum Gasteiger partial charge on any atom is -0.394 e. The Morgan fingerprint density at radius 2 is 1.47 bits per heavy atom. The van der Waals surface area contributed by atoms with Crippen LogP contribution in [0.2, 0.25) is 0 Å². The molecule has 1 heterocycles. The third-order valence-corrected chi connectivity index (χ3v) is 8.88. The van der Waals surface area contributed by atoms with E-state index in [2.05, 4.69) is 39.4 Å². The van der Waals surface area contributed by atoms with E-state index in [1.807, 2.05) is 0 Å². The topological polar surface area (TPSA) is 70.3 Å². The van der Waals surface area contributed by atoms with Crippen molar-refractivity contribution < 1.29 is 31.4 Å². The van der Waals surface area contributed by atoms with Crippen LogP contribution in [0.25, 0.3) is 0 Å². The fraction of sp³-hybridized carbons (Fsp3) is 0.594. The van der Waals surface area contributed by atoms with Crippen LogP contribution in [0.4, 0.5) is 38.0 Å². The fourth-order valence-corrected chi connectivity index (χ4v) is 6.60. The molecule has 2 aliphatic rings. The number of benzene rings is 2. The summed E-state index contributed by atoms with van der Waals surface area (Å²) in [5.41, 5.74) is 1.51. The number of hydrogen-bond donors (Lipinski definition) is 1. The fourth-order valence-electron chi connectivity index (χ4n) is 6.60. The van der Waals surface area contributed by atoms with E-state index in [4.69, 9.17) is 0 Å². The molecule has 13 heteroatoms. The number of aryl methyl sites for hydroxylation is 2. The minimum absolute atomic E-state index is 0.0394. The lowest BCUT2D eigenvalue weighted by Gasteiger charge is -2.34. The largest absolute Gasteiger partial charge is 0.416 e. The SMILES string of the molecule is CCN(CC1CCCCC1)c1cc2c(cc1CN(Cc1cc(C(F)(F)F)cc(C(F)(F)F)c1)c1nnn(CCO)n1)CCCC2. The summed E-state index contributed by atoms with van der Waals surface area (Å²) in [5.74, 6) is 0.609. The van der Waals surface area contributed by atoms with Crippen molar-refractivity contribution in [3.05, 3.63) is 63.7 Å². The number of aliphatic hydroxyl groups is 1. The number of fused-ring (bicyclic) bond motifs is 1. The van der Waals surface area contributed by atoms with Gasteiger partial charge in [-0.1, -0.05) is 30.4 Å². The maximum Gasteiger partial charge on any atom is 0.416 e. The maximum absolute atomic E-state index is 13.7. The van der Waals surface area contributed by atoms with Gasteiger partial charge in [0.1, 0.15) is 0 Å². The van der Waals surface area contributed by atoms with Crippen molar-refractivity contribution in [1.29, 1.82) is 0 Å². The molecule has 3 aromatic rings. The summed E-state index contributed by atoms with van der Waals surface area (Å²) in [7, 11) is 0. The normalized spacial score (nSPS) is 16.1. The van der Waals surface area contributed by atoms with Gasteiger partial charge in [0.25, 0.3) is 5.95 Å². The van der Waals surface area contributed by atoms with E-state index in [9.17, 15) is 31.4 Å². The zero-order chi connectivity index (χ0) is 32.2. The molecule has 5 rings (SSSR count). The number of alkyl halides is 6. The molecule has 0 spiro atoms. The molecule has 1 fully saturated rings. The third-order valence-electron chi connectivity index (χ3n) is 8.88. The minimum atomic E-state index is -4.96. The van der Waals surface area contributed by atoms with E-state index in [0.717, 1.165) is 79.8 Å². The monoisotopic (exact) mass is 638 g/mol. The molecule has 0 saturated heterocycles. The Hall–Kier alpha value is -3.35. The second-order valence-corrected chi connectivity index (χ2v) is 12.2. The summed E-state index contributed by atoms with van der Waals surface area (Å²) in [6.07, 6.45) is 0.0918. The van der Waals surface area contributed by atoms with Gasteiger partial charge in [-0.05, 0) is 103 Å². The first-order valence-corrected chi connectivity index (χ1v) is 15.8. The Labute approximate surface area is 259 Å². The number of rotatable bonds is 11. The van der Waals surface area contributed by atoms with E-state index in [0.29, 0.717) is 5.92 Å². The first kappa shape index (κ1) is 33.0. The standard InChI is InChI=1S/C32H40F6N6O/c1-2-42(19-22-8-4-3-5-9-22)29-17-25-11-7-6-10-24(25)16-26(29)21-43(30-39-41-44(40-30)12-13-45)20-23-14-27(31(33,34)35)18-28(15-23)32(36,37)38/h14-18,22,45H,2-13,19-21H2,1H3. The van der Waals surface area contributed by atoms with Crippen molar-refractivity contribution in [2.75, 3.05) is 29.5 Å². The average molecular weight is 639 g/mol. The van der Waals surface area contributed by atoms with Crippen molar-refractivity contribution in [3.8, 4) is 0 Å². The Balaban J connectivity index is 1.56. The highest BCUT2D eigenvalue weighted by atomic mass is 19.4. The number of anilines is 2. The lowest BCUT2D eigenvalue weighted by molar-refractivity contribution is -0.143. The quantitative estimate of drug-likeness (QED) is 0.224. The number of aliphatic hydroxyl groups excluding tert-OH is 1. The number of tetrazole rings is 1. The number of hydrogen-bond acceptors (Lipinski definition) is 6. The van der Waals surface area contributed by atoms with Crippen LogP contribution in [0.1, 0.15) is 85.3 Å². The van der Waals surface area contributed by atoms with Gasteiger partial charge in [-0.15, -0.1) is 5.10 Å². The molecule has 0 atom stereocenters. The molecule has 2 aliphatic carbocycles. The van der Waals surface area contributed by atoms with Gasteiger partial charge in [-0.25, -0.2) is 0 Å². The molecule has 246 valence electrons. The summed E-state index contributed by atoms with van der Waals surface area (Å²) < 4.78 is 82.3. The summed E-state index contributed by atoms with van der Waals surface area (Å²) in [6, 6.07) is 6.00. The van der Waals surface area contributed by atoms with Crippen LogP contribution in [0.15, 0.2) is 30.3 Å². The Bertz CT molecular complexity index is 1400. The molecule has 45 heavy (non-hydrogen) atoms. The smallest absolute Gasteiger partial charge is 0.394 e. The molecule has 1 saturated carbocycles. The first-order valence-electron chi connectivity index (χ1n) is 15.8. The number of aromatic nitrogens is 4. The van der Waals surface area contributed by atoms with Crippen LogP contribution < -0.4 is 9.80 Å². The van der Waals surface area contributed by atoms with Gasteiger partial charge in [0.2, 0.25) is 0 Å². The summed E-state index contributed by atoms with van der Waals surface area (Å²) in [5, 5.41) is 21.7. The van der Waals surface area contributed by atoms with Crippen LogP contribution in [-0.4, -0.2) is 45.0 Å². The highest BCUT2D eigenvalue weighted by Gasteiger charge is 2.37. The summed E-state index contributed by atoms with van der Waals surface area (Å²) in [4.78, 5) is 5.09. The van der Waals surface area contributed by atoms with E-state index in [1.54, 1.807) is 4.90 Å². The summed E-state index contributed by atoms with van der Waals surface area (Å²) in [6.45, 7) is 3.35. The van der Waals surface area contributed by atoms with Crippen LogP contribution in [-0.2, 0) is 44.8 Å². The number of halogens is 6. The maximum atomic E-state index is 13.7. The molecule has 2 aromatic carbocycles. The Morgan fingerprint density at radius 3 is 2.07 bits per heavy atom. The molecule has 1 N–H and O–H groups in total. The second-order valence-electron chi connectivity index (χ2n) is 12.2. The summed E-state index contributed by atoms with van der Waals surface area (Å²) >= 11 is 0. The zero-order valence-electron chi connectivity index (χ0n) is 25.5. The predicted molar refractivity (Wildman–Crippen MR) is 159 cm³/mol. The molecule has 0 radical (unpaired) electrons. The molecule has 0 aliphatic heterocycles. The van der Waals surface area contributed by atoms with Gasteiger partial charge in [-0.3, -0.25) is 0 Å². The molecular weight excluding hydrogens is 598 g/mol. The van der Waals surface area contributed by atoms with Crippen molar-refractivity contribution in [2.45, 2.75) is 96.7 Å². The predicted octanol–water partition coefficient (Wildman–Crippen LogP) is 7.20. The molecule has 0 unspecified atom stereocenters. The van der Waals surface area contributed by atoms with Crippen molar-refractivity contribution in [3.63, 3.8) is 0 Å². The van der Waals surface area contributed by atoms with Gasteiger partial charge < -0.3 is 14.9 Å². The van der Waals surface area contributed by atoms with Gasteiger partial charge >= 0.3 is 12.4 Å². The lowest BCUT2D eigenvalue weighted by atomic mass is 9.87. The van der Waals surface area contributed by atoms with Crippen LogP contribution in [0.3, 0.4) is 0 Å². The highest BCUT2D eigenvalue weighted by Crippen LogP contribution is 2.38. The second kappa shape index (κ2) is 14.0. The molecule has 0 bridgehead atoms. The molecular formula is C32H40F6N6O. The van der Waals surface area contributed by atoms with Gasteiger partial charge in [0, 0.05) is 31.9 Å². The van der Waals surface area contributed by atoms with E-state index in [1.165, 1.54) is 30.4 Å². The Morgan fingerprint density at radius 1 is 0.822 bits per heavy atom. The van der Waals surface area contributed by atoms with E-state index >= 15 is 0 Å². The zero-order valence-corrected chi connectivity index (χ0v) is 25.5. The lowest BCUT2D eigenvalue weighted by Crippen LogP contribution is -2.33. The van der Waals surface area contributed by atoms with Crippen molar-refractivity contribution >= 4 is 11.6 Å². The molecule has 0 amide bonds. The van der Waals surface area contributed by atoms with Crippen LogP contribution in [0.5, 0.6) is 0 Å². The van der Waals surface area contributed by atoms with Crippen molar-refractivity contribution in [2.24, 2.45) is 5.92 Å². The van der Waals surface area contributed by atoms with E-state index < -0.39 is 23.5 Å². The van der Waals surface area contributed by atoms with Crippen LogP contribution in [0, 0.1) is 5.92 Å². The third kappa shape index (κ3) is 8.28. The van der Waals surface area contributed by atoms with Gasteiger partial charge in [0.15, 0.2) is 0 Å².